The van der Waals surface area contributed by atoms with Crippen LogP contribution in [0.15, 0.2) is 97.2 Å². The van der Waals surface area contributed by atoms with Crippen LogP contribution in [0.5, 0.6) is 0 Å². The SMILES string of the molecule is CC/C=C\C/C=C\C/C=C\C/C=C\C/C=C\CCCCCCCC(=O)OC(COC(=O)CCCCCCC/C=C\C/C=C\CCC)COC(=O)CCCCCCCCCCCCCCCCCCC/C=C\CCCCCCCCCC. The molecule has 0 saturated heterocycles. The van der Waals surface area contributed by atoms with Crippen molar-refractivity contribution in [1.29, 1.82) is 0 Å². The molecule has 0 amide bonds. The van der Waals surface area contributed by atoms with Gasteiger partial charge in [-0.25, -0.2) is 0 Å². The molecular weight excluding hydrogens is 997 g/mol. The lowest BCUT2D eigenvalue weighted by Crippen LogP contribution is -2.30. The monoisotopic (exact) mass is 1130 g/mol. The topological polar surface area (TPSA) is 78.9 Å². The first kappa shape index (κ1) is 77.3. The van der Waals surface area contributed by atoms with Crippen LogP contribution in [-0.4, -0.2) is 37.2 Å². The molecule has 0 N–H and O–H groups in total. The maximum absolute atomic E-state index is 12.9. The van der Waals surface area contributed by atoms with Gasteiger partial charge in [0.15, 0.2) is 6.10 Å². The van der Waals surface area contributed by atoms with Gasteiger partial charge in [-0.3, -0.25) is 14.4 Å². The first-order chi connectivity index (χ1) is 40.0. The van der Waals surface area contributed by atoms with Gasteiger partial charge in [0.25, 0.3) is 0 Å². The van der Waals surface area contributed by atoms with E-state index in [0.717, 1.165) is 141 Å². The molecule has 1 unspecified atom stereocenters. The standard InChI is InChI=1S/C75H130O6/c1-4-7-10-13-16-19-22-25-27-29-31-33-34-35-36-37-38-39-40-42-43-45-47-50-53-56-59-62-65-68-74(77)80-71-72(70-79-73(76)67-64-61-58-55-52-49-24-21-18-15-12-9-6-3)81-75(78)69-66-63-60-57-54-51-48-46-44-41-32-30-28-26-23-20-17-14-11-8-5-2/h8,11-12,15,17,20-21,24,26,28-29,31-32,41,46,48,72H,4-7,9-10,13-14,16,18-19,22-23,25,27,30,33-40,42-45,47,49-71H2,1-3H3/b11-8-,15-12-,20-17-,24-21-,28-26-,31-29-,41-32-,48-46-. The number of ether oxygens (including phenoxy) is 3. The van der Waals surface area contributed by atoms with Crippen molar-refractivity contribution in [2.45, 2.75) is 348 Å². The van der Waals surface area contributed by atoms with Gasteiger partial charge in [0.2, 0.25) is 0 Å². The number of hydrogen-bond acceptors (Lipinski definition) is 6. The Morgan fingerprint density at radius 1 is 0.259 bits per heavy atom. The quantitative estimate of drug-likeness (QED) is 0.0261. The minimum Gasteiger partial charge on any atom is -0.462 e. The molecule has 0 aromatic heterocycles. The summed E-state index contributed by atoms with van der Waals surface area (Å²) in [5, 5.41) is 0. The van der Waals surface area contributed by atoms with E-state index in [2.05, 4.69) is 118 Å². The summed E-state index contributed by atoms with van der Waals surface area (Å²) in [4.78, 5) is 38.4. The zero-order valence-electron chi connectivity index (χ0n) is 53.5. The summed E-state index contributed by atoms with van der Waals surface area (Å²) < 4.78 is 16.9. The van der Waals surface area contributed by atoms with Crippen molar-refractivity contribution in [2.75, 3.05) is 13.2 Å². The molecule has 0 aliphatic heterocycles. The third kappa shape index (κ3) is 67.0. The second kappa shape index (κ2) is 68.8. The summed E-state index contributed by atoms with van der Waals surface area (Å²) >= 11 is 0. The molecule has 0 fully saturated rings. The fraction of sp³-hybridized carbons (Fsp3) is 0.747. The van der Waals surface area contributed by atoms with Crippen LogP contribution in [0.3, 0.4) is 0 Å². The van der Waals surface area contributed by atoms with Gasteiger partial charge in [-0.1, -0.05) is 304 Å². The fourth-order valence-electron chi connectivity index (χ4n) is 9.86. The molecular formula is C75H130O6. The molecule has 0 aliphatic carbocycles. The minimum absolute atomic E-state index is 0.0884. The van der Waals surface area contributed by atoms with E-state index in [0.29, 0.717) is 19.3 Å². The Kier molecular flexibility index (Phi) is 65.7. The van der Waals surface area contributed by atoms with E-state index >= 15 is 0 Å². The Morgan fingerprint density at radius 2 is 0.506 bits per heavy atom. The van der Waals surface area contributed by atoms with E-state index in [4.69, 9.17) is 14.2 Å². The highest BCUT2D eigenvalue weighted by Gasteiger charge is 2.19. The predicted octanol–water partition coefficient (Wildman–Crippen LogP) is 24.0. The molecule has 0 spiro atoms. The number of carbonyl (C=O) groups is 3. The lowest BCUT2D eigenvalue weighted by Gasteiger charge is -2.18. The first-order valence-electron chi connectivity index (χ1n) is 34.7. The van der Waals surface area contributed by atoms with Gasteiger partial charge in [0.1, 0.15) is 13.2 Å². The van der Waals surface area contributed by atoms with Crippen LogP contribution in [-0.2, 0) is 28.6 Å². The van der Waals surface area contributed by atoms with Crippen molar-refractivity contribution in [1.82, 2.24) is 0 Å². The van der Waals surface area contributed by atoms with Gasteiger partial charge in [-0.15, -0.1) is 0 Å². The van der Waals surface area contributed by atoms with E-state index in [1.165, 1.54) is 161 Å². The van der Waals surface area contributed by atoms with Crippen LogP contribution in [0, 0.1) is 0 Å². The van der Waals surface area contributed by atoms with E-state index in [1.54, 1.807) is 0 Å². The van der Waals surface area contributed by atoms with Crippen molar-refractivity contribution in [3.8, 4) is 0 Å². The third-order valence-corrected chi connectivity index (χ3v) is 15.0. The molecule has 0 bridgehead atoms. The summed E-state index contributed by atoms with van der Waals surface area (Å²) in [7, 11) is 0. The fourth-order valence-corrected chi connectivity index (χ4v) is 9.86. The molecule has 0 aliphatic rings. The third-order valence-electron chi connectivity index (χ3n) is 15.0. The normalized spacial score (nSPS) is 12.7. The number of allylic oxidation sites excluding steroid dienone is 16. The van der Waals surface area contributed by atoms with Crippen molar-refractivity contribution in [2.24, 2.45) is 0 Å². The van der Waals surface area contributed by atoms with Crippen molar-refractivity contribution in [3.63, 3.8) is 0 Å². The lowest BCUT2D eigenvalue weighted by molar-refractivity contribution is -0.167. The molecule has 0 saturated carbocycles. The highest BCUT2D eigenvalue weighted by Crippen LogP contribution is 2.17. The maximum atomic E-state index is 12.9. The van der Waals surface area contributed by atoms with Gasteiger partial charge in [0, 0.05) is 19.3 Å². The van der Waals surface area contributed by atoms with E-state index in [9.17, 15) is 14.4 Å². The van der Waals surface area contributed by atoms with Crippen molar-refractivity contribution >= 4 is 17.9 Å². The summed E-state index contributed by atoms with van der Waals surface area (Å²) in [6.07, 6.45) is 93.0. The minimum atomic E-state index is -0.796. The average molecular weight is 1130 g/mol. The number of rotatable bonds is 63. The maximum Gasteiger partial charge on any atom is 0.306 e. The Bertz CT molecular complexity index is 1580. The Morgan fingerprint density at radius 3 is 0.815 bits per heavy atom. The highest BCUT2D eigenvalue weighted by atomic mass is 16.6. The number of unbranched alkanes of at least 4 members (excludes halogenated alkanes) is 36. The first-order valence-corrected chi connectivity index (χ1v) is 34.7. The molecule has 0 aromatic carbocycles. The molecule has 466 valence electrons. The Balaban J connectivity index is 4.27. The average Bonchev–Trinajstić information content (AvgIpc) is 3.46. The Hall–Kier alpha value is -3.67. The van der Waals surface area contributed by atoms with Crippen molar-refractivity contribution < 1.29 is 28.6 Å². The molecule has 0 radical (unpaired) electrons. The lowest BCUT2D eigenvalue weighted by atomic mass is 10.0. The number of carbonyl (C=O) groups excluding carboxylic acids is 3. The molecule has 6 nitrogen and oxygen atoms in total. The smallest absolute Gasteiger partial charge is 0.306 e. The largest absolute Gasteiger partial charge is 0.462 e. The summed E-state index contributed by atoms with van der Waals surface area (Å²) in [6, 6.07) is 0. The van der Waals surface area contributed by atoms with Crippen LogP contribution >= 0.6 is 0 Å². The van der Waals surface area contributed by atoms with Crippen LogP contribution in [0.25, 0.3) is 0 Å². The van der Waals surface area contributed by atoms with E-state index in [-0.39, 0.29) is 31.1 Å². The summed E-state index contributed by atoms with van der Waals surface area (Å²) in [6.45, 7) is 6.47. The van der Waals surface area contributed by atoms with Crippen LogP contribution in [0.2, 0.25) is 0 Å². The summed E-state index contributed by atoms with van der Waals surface area (Å²) in [5.74, 6) is -0.910. The molecule has 6 heteroatoms. The number of esters is 3. The van der Waals surface area contributed by atoms with Crippen LogP contribution in [0.4, 0.5) is 0 Å². The van der Waals surface area contributed by atoms with Crippen LogP contribution in [0.1, 0.15) is 342 Å². The molecule has 1 atom stereocenters. The zero-order valence-corrected chi connectivity index (χ0v) is 53.5. The van der Waals surface area contributed by atoms with Gasteiger partial charge in [-0.2, -0.15) is 0 Å². The number of hydrogen-bond donors (Lipinski definition) is 0. The Labute approximate surface area is 502 Å². The van der Waals surface area contributed by atoms with Gasteiger partial charge in [-0.05, 0) is 116 Å². The molecule has 0 rings (SSSR count). The van der Waals surface area contributed by atoms with Gasteiger partial charge in [0.05, 0.1) is 0 Å². The molecule has 0 aromatic rings. The van der Waals surface area contributed by atoms with Gasteiger partial charge < -0.3 is 14.2 Å². The van der Waals surface area contributed by atoms with Gasteiger partial charge >= 0.3 is 17.9 Å². The van der Waals surface area contributed by atoms with Crippen molar-refractivity contribution in [3.05, 3.63) is 97.2 Å². The highest BCUT2D eigenvalue weighted by molar-refractivity contribution is 5.71. The van der Waals surface area contributed by atoms with Crippen LogP contribution < -0.4 is 0 Å². The molecule has 0 heterocycles. The van der Waals surface area contributed by atoms with E-state index in [1.807, 2.05) is 0 Å². The summed E-state index contributed by atoms with van der Waals surface area (Å²) in [5.41, 5.74) is 0. The predicted molar refractivity (Wildman–Crippen MR) is 353 cm³/mol. The van der Waals surface area contributed by atoms with E-state index < -0.39 is 6.10 Å². The zero-order chi connectivity index (χ0) is 58.5. The second-order valence-electron chi connectivity index (χ2n) is 23.1. The second-order valence-corrected chi connectivity index (χ2v) is 23.1. The molecule has 81 heavy (non-hydrogen) atoms.